The fourth-order valence-corrected chi connectivity index (χ4v) is 3.25. The Labute approximate surface area is 180 Å². The Morgan fingerprint density at radius 2 is 1.74 bits per heavy atom. The van der Waals surface area contributed by atoms with E-state index >= 15 is 0 Å². The van der Waals surface area contributed by atoms with Crippen molar-refractivity contribution < 1.29 is 14.0 Å². The second-order valence-electron chi connectivity index (χ2n) is 7.98. The van der Waals surface area contributed by atoms with Gasteiger partial charge in [-0.1, -0.05) is 29.8 Å². The summed E-state index contributed by atoms with van der Waals surface area (Å²) in [4.78, 5) is 29.1. The first-order valence-electron chi connectivity index (χ1n) is 10.3. The van der Waals surface area contributed by atoms with Crippen LogP contribution in [0.5, 0.6) is 0 Å². The largest absolute Gasteiger partial charge is 0.349 e. The van der Waals surface area contributed by atoms with Crippen molar-refractivity contribution in [3.63, 3.8) is 0 Å². The van der Waals surface area contributed by atoms with Crippen molar-refractivity contribution in [3.05, 3.63) is 88.4 Å². The third kappa shape index (κ3) is 4.97. The maximum Gasteiger partial charge on any atom is 0.253 e. The minimum Gasteiger partial charge on any atom is -0.349 e. The van der Waals surface area contributed by atoms with Crippen molar-refractivity contribution in [2.45, 2.75) is 39.3 Å². The highest BCUT2D eigenvalue weighted by atomic mass is 19.1. The zero-order valence-electron chi connectivity index (χ0n) is 17.5. The average Bonchev–Trinajstić information content (AvgIpc) is 3.59. The van der Waals surface area contributed by atoms with Crippen LogP contribution in [0.25, 0.3) is 11.3 Å². The molecule has 2 amide bonds. The van der Waals surface area contributed by atoms with Gasteiger partial charge in [0.25, 0.3) is 11.8 Å². The standard InChI is InChI=1S/C25H24FN3O2/c1-15-3-5-17(6-4-15)13-28-24(30)18-7-10-23(27-14-18)21-11-19(12-22(26)16(21)2)25(31)29-20-8-9-20/h3-7,10-12,14,20H,8-9,13H2,1-2H3,(H,28,30)(H,29,31). The smallest absolute Gasteiger partial charge is 0.253 e. The maximum absolute atomic E-state index is 14.5. The van der Waals surface area contributed by atoms with Gasteiger partial charge in [0.1, 0.15) is 5.82 Å². The van der Waals surface area contributed by atoms with E-state index in [0.717, 1.165) is 24.0 Å². The van der Waals surface area contributed by atoms with E-state index in [0.29, 0.717) is 28.9 Å². The molecule has 2 aromatic carbocycles. The first-order valence-corrected chi connectivity index (χ1v) is 10.3. The highest BCUT2D eigenvalue weighted by molar-refractivity contribution is 5.96. The molecule has 5 nitrogen and oxygen atoms in total. The molecule has 3 aromatic rings. The van der Waals surface area contributed by atoms with E-state index in [-0.39, 0.29) is 23.4 Å². The quantitative estimate of drug-likeness (QED) is 0.627. The van der Waals surface area contributed by atoms with E-state index < -0.39 is 5.82 Å². The third-order valence-electron chi connectivity index (χ3n) is 5.39. The highest BCUT2D eigenvalue weighted by Crippen LogP contribution is 2.26. The molecule has 31 heavy (non-hydrogen) atoms. The van der Waals surface area contributed by atoms with Crippen molar-refractivity contribution in [2.75, 3.05) is 0 Å². The van der Waals surface area contributed by atoms with Crippen LogP contribution in [0.2, 0.25) is 0 Å². The number of carbonyl (C=O) groups excluding carboxylic acids is 2. The zero-order valence-corrected chi connectivity index (χ0v) is 17.5. The number of aryl methyl sites for hydroxylation is 1. The summed E-state index contributed by atoms with van der Waals surface area (Å²) < 4.78 is 14.5. The molecule has 0 aliphatic heterocycles. The van der Waals surface area contributed by atoms with Crippen LogP contribution in [-0.4, -0.2) is 22.8 Å². The second kappa shape index (κ2) is 8.68. The van der Waals surface area contributed by atoms with Gasteiger partial charge in [0.15, 0.2) is 0 Å². The number of hydrogen-bond donors (Lipinski definition) is 2. The van der Waals surface area contributed by atoms with Crippen molar-refractivity contribution >= 4 is 11.8 Å². The van der Waals surface area contributed by atoms with Crippen LogP contribution in [0.1, 0.15) is 50.2 Å². The molecule has 4 rings (SSSR count). The van der Waals surface area contributed by atoms with E-state index in [1.807, 2.05) is 31.2 Å². The molecule has 1 fully saturated rings. The Bertz CT molecular complexity index is 1120. The first-order chi connectivity index (χ1) is 14.9. The van der Waals surface area contributed by atoms with Gasteiger partial charge in [-0.15, -0.1) is 0 Å². The monoisotopic (exact) mass is 417 g/mol. The van der Waals surface area contributed by atoms with Gasteiger partial charge < -0.3 is 10.6 Å². The predicted octanol–water partition coefficient (Wildman–Crippen LogP) is 4.33. The topological polar surface area (TPSA) is 71.1 Å². The van der Waals surface area contributed by atoms with Crippen LogP contribution in [0.3, 0.4) is 0 Å². The molecule has 0 atom stereocenters. The number of aromatic nitrogens is 1. The van der Waals surface area contributed by atoms with Crippen LogP contribution in [0.4, 0.5) is 4.39 Å². The second-order valence-corrected chi connectivity index (χ2v) is 7.98. The molecule has 0 saturated heterocycles. The van der Waals surface area contributed by atoms with Gasteiger partial charge in [-0.2, -0.15) is 0 Å². The lowest BCUT2D eigenvalue weighted by Crippen LogP contribution is -2.25. The summed E-state index contributed by atoms with van der Waals surface area (Å²) in [6.45, 7) is 4.08. The number of benzene rings is 2. The maximum atomic E-state index is 14.5. The van der Waals surface area contributed by atoms with Crippen molar-refractivity contribution in [3.8, 4) is 11.3 Å². The summed E-state index contributed by atoms with van der Waals surface area (Å²) in [5.41, 5.74) is 4.31. The van der Waals surface area contributed by atoms with E-state index in [2.05, 4.69) is 15.6 Å². The molecule has 0 radical (unpaired) electrons. The van der Waals surface area contributed by atoms with E-state index in [1.54, 1.807) is 25.1 Å². The van der Waals surface area contributed by atoms with Gasteiger partial charge in [0.2, 0.25) is 0 Å². The summed E-state index contributed by atoms with van der Waals surface area (Å²) in [6, 6.07) is 14.4. The summed E-state index contributed by atoms with van der Waals surface area (Å²) >= 11 is 0. The van der Waals surface area contributed by atoms with Gasteiger partial charge in [0.05, 0.1) is 11.3 Å². The normalized spacial score (nSPS) is 13.0. The average molecular weight is 417 g/mol. The predicted molar refractivity (Wildman–Crippen MR) is 117 cm³/mol. The van der Waals surface area contributed by atoms with Crippen LogP contribution < -0.4 is 10.6 Å². The number of carbonyl (C=O) groups is 2. The molecular weight excluding hydrogens is 393 g/mol. The van der Waals surface area contributed by atoms with Gasteiger partial charge in [-0.25, -0.2) is 4.39 Å². The molecule has 1 aliphatic carbocycles. The highest BCUT2D eigenvalue weighted by Gasteiger charge is 2.24. The molecular formula is C25H24FN3O2. The summed E-state index contributed by atoms with van der Waals surface area (Å²) in [7, 11) is 0. The van der Waals surface area contributed by atoms with E-state index in [4.69, 9.17) is 0 Å². The van der Waals surface area contributed by atoms with Crippen LogP contribution in [0, 0.1) is 19.7 Å². The van der Waals surface area contributed by atoms with E-state index in [9.17, 15) is 14.0 Å². The molecule has 1 saturated carbocycles. The third-order valence-corrected chi connectivity index (χ3v) is 5.39. The molecule has 0 spiro atoms. The lowest BCUT2D eigenvalue weighted by Gasteiger charge is -2.11. The number of nitrogens with one attached hydrogen (secondary N) is 2. The Hall–Kier alpha value is -3.54. The van der Waals surface area contributed by atoms with Crippen LogP contribution >= 0.6 is 0 Å². The zero-order chi connectivity index (χ0) is 22.0. The van der Waals surface area contributed by atoms with Crippen LogP contribution in [0.15, 0.2) is 54.7 Å². The fraction of sp³-hybridized carbons (Fsp3) is 0.240. The van der Waals surface area contributed by atoms with Gasteiger partial charge in [-0.3, -0.25) is 14.6 Å². The number of pyridine rings is 1. The molecule has 1 aromatic heterocycles. The summed E-state index contributed by atoms with van der Waals surface area (Å²) in [5, 5.41) is 5.74. The molecule has 2 N–H and O–H groups in total. The van der Waals surface area contributed by atoms with Crippen molar-refractivity contribution in [1.29, 1.82) is 0 Å². The first kappa shape index (κ1) is 20.7. The SMILES string of the molecule is Cc1ccc(CNC(=O)c2ccc(-c3cc(C(=O)NC4CC4)cc(F)c3C)nc2)cc1. The number of halogens is 1. The van der Waals surface area contributed by atoms with Crippen molar-refractivity contribution in [1.82, 2.24) is 15.6 Å². The van der Waals surface area contributed by atoms with E-state index in [1.165, 1.54) is 12.3 Å². The number of rotatable bonds is 6. The minimum atomic E-state index is -0.458. The Morgan fingerprint density at radius 1 is 1.00 bits per heavy atom. The number of amides is 2. The van der Waals surface area contributed by atoms with Gasteiger partial charge >= 0.3 is 0 Å². The Morgan fingerprint density at radius 3 is 2.39 bits per heavy atom. The molecule has 0 bridgehead atoms. The fourth-order valence-electron chi connectivity index (χ4n) is 3.25. The summed E-state index contributed by atoms with van der Waals surface area (Å²) in [6.07, 6.45) is 3.39. The van der Waals surface area contributed by atoms with Gasteiger partial charge in [-0.05, 0) is 62.1 Å². The van der Waals surface area contributed by atoms with Crippen LogP contribution in [-0.2, 0) is 6.54 Å². The van der Waals surface area contributed by atoms with Crippen molar-refractivity contribution in [2.24, 2.45) is 0 Å². The molecule has 158 valence electrons. The van der Waals surface area contributed by atoms with Gasteiger partial charge in [0, 0.05) is 29.9 Å². The lowest BCUT2D eigenvalue weighted by atomic mass is 10.00. The molecule has 1 aliphatic rings. The lowest BCUT2D eigenvalue weighted by molar-refractivity contribution is 0.0942. The number of hydrogen-bond acceptors (Lipinski definition) is 3. The number of nitrogens with zero attached hydrogens (tertiary/aromatic N) is 1. The summed E-state index contributed by atoms with van der Waals surface area (Å²) in [5.74, 6) is -0.977. The molecule has 0 unspecified atom stereocenters. The Kier molecular flexibility index (Phi) is 5.80. The Balaban J connectivity index is 1.49. The molecule has 6 heteroatoms. The molecule has 1 heterocycles. The minimum absolute atomic E-state index is 0.191.